The molecule has 1 atom stereocenters. The van der Waals surface area contributed by atoms with Crippen LogP contribution in [0.5, 0.6) is 0 Å². The van der Waals surface area contributed by atoms with Gasteiger partial charge in [0.05, 0.1) is 5.02 Å². The molecule has 0 aromatic heterocycles. The highest BCUT2D eigenvalue weighted by Gasteiger charge is 2.38. The zero-order chi connectivity index (χ0) is 14.0. The molecule has 0 heterocycles. The second kappa shape index (κ2) is 5.48. The standard InChI is InChI=1S/C14H11ClINO2/c15-11-7-6-10(8-12(11)16)14(19,13(17)18)9-4-2-1-3-5-9/h1-8,19H,(H2,17,18). The lowest BCUT2D eigenvalue weighted by Gasteiger charge is -2.26. The maximum Gasteiger partial charge on any atom is 0.258 e. The van der Waals surface area contributed by atoms with E-state index in [1.807, 2.05) is 22.6 Å². The van der Waals surface area contributed by atoms with E-state index in [4.69, 9.17) is 17.3 Å². The minimum absolute atomic E-state index is 0.403. The Kier molecular flexibility index (Phi) is 4.13. The summed E-state index contributed by atoms with van der Waals surface area (Å²) in [5.41, 5.74) is 4.38. The molecule has 1 unspecified atom stereocenters. The smallest absolute Gasteiger partial charge is 0.258 e. The lowest BCUT2D eigenvalue weighted by molar-refractivity contribution is -0.133. The molecule has 0 radical (unpaired) electrons. The number of benzene rings is 2. The van der Waals surface area contributed by atoms with Crippen molar-refractivity contribution < 1.29 is 9.90 Å². The number of hydrogen-bond acceptors (Lipinski definition) is 2. The van der Waals surface area contributed by atoms with Crippen LogP contribution < -0.4 is 5.73 Å². The summed E-state index contributed by atoms with van der Waals surface area (Å²) in [4.78, 5) is 11.8. The monoisotopic (exact) mass is 387 g/mol. The molecule has 2 aromatic carbocycles. The Morgan fingerprint density at radius 3 is 2.32 bits per heavy atom. The summed E-state index contributed by atoms with van der Waals surface area (Å²) in [6.07, 6.45) is 0. The van der Waals surface area contributed by atoms with Crippen LogP contribution in [0.4, 0.5) is 0 Å². The topological polar surface area (TPSA) is 63.3 Å². The molecule has 0 bridgehead atoms. The molecule has 0 aliphatic carbocycles. The largest absolute Gasteiger partial charge is 0.372 e. The average Bonchev–Trinajstić information content (AvgIpc) is 2.41. The van der Waals surface area contributed by atoms with Crippen molar-refractivity contribution in [2.75, 3.05) is 0 Å². The summed E-state index contributed by atoms with van der Waals surface area (Å²) < 4.78 is 0.743. The number of aliphatic hydroxyl groups is 1. The van der Waals surface area contributed by atoms with Gasteiger partial charge in [-0.3, -0.25) is 4.79 Å². The molecule has 2 rings (SSSR count). The van der Waals surface area contributed by atoms with Gasteiger partial charge in [0.15, 0.2) is 5.60 Å². The number of carbonyl (C=O) groups excluding carboxylic acids is 1. The molecular weight excluding hydrogens is 377 g/mol. The van der Waals surface area contributed by atoms with E-state index >= 15 is 0 Å². The highest BCUT2D eigenvalue weighted by molar-refractivity contribution is 14.1. The Morgan fingerprint density at radius 1 is 1.16 bits per heavy atom. The van der Waals surface area contributed by atoms with Crippen molar-refractivity contribution in [3.8, 4) is 0 Å². The maximum absolute atomic E-state index is 11.8. The summed E-state index contributed by atoms with van der Waals surface area (Å²) in [7, 11) is 0. The van der Waals surface area contributed by atoms with Crippen LogP contribution in [0.3, 0.4) is 0 Å². The van der Waals surface area contributed by atoms with Crippen LogP contribution in [0.1, 0.15) is 11.1 Å². The molecular formula is C14H11ClINO2. The predicted octanol–water partition coefficient (Wildman–Crippen LogP) is 2.67. The van der Waals surface area contributed by atoms with Crippen LogP contribution in [0.25, 0.3) is 0 Å². The molecule has 2 aromatic rings. The number of halogens is 2. The summed E-state index contributed by atoms with van der Waals surface area (Å²) >= 11 is 7.99. The van der Waals surface area contributed by atoms with Crippen molar-refractivity contribution in [1.29, 1.82) is 0 Å². The van der Waals surface area contributed by atoms with Gasteiger partial charge in [-0.05, 0) is 45.9 Å². The first-order valence-corrected chi connectivity index (χ1v) is 6.95. The van der Waals surface area contributed by atoms with Gasteiger partial charge in [-0.15, -0.1) is 0 Å². The van der Waals surface area contributed by atoms with Crippen molar-refractivity contribution in [3.05, 3.63) is 68.3 Å². The summed E-state index contributed by atoms with van der Waals surface area (Å²) in [6, 6.07) is 13.5. The Hall–Kier alpha value is -1.11. The van der Waals surface area contributed by atoms with E-state index in [0.29, 0.717) is 16.1 Å². The predicted molar refractivity (Wildman–Crippen MR) is 82.8 cm³/mol. The quantitative estimate of drug-likeness (QED) is 0.796. The van der Waals surface area contributed by atoms with Gasteiger partial charge in [-0.2, -0.15) is 0 Å². The zero-order valence-corrected chi connectivity index (χ0v) is 12.7. The van der Waals surface area contributed by atoms with Crippen molar-refractivity contribution in [1.82, 2.24) is 0 Å². The fourth-order valence-corrected chi connectivity index (χ4v) is 2.48. The van der Waals surface area contributed by atoms with Gasteiger partial charge in [0, 0.05) is 3.57 Å². The van der Waals surface area contributed by atoms with E-state index in [1.54, 1.807) is 48.5 Å². The molecule has 98 valence electrons. The fourth-order valence-electron chi connectivity index (χ4n) is 1.85. The van der Waals surface area contributed by atoms with E-state index in [2.05, 4.69) is 0 Å². The molecule has 3 nitrogen and oxygen atoms in total. The van der Waals surface area contributed by atoms with Crippen LogP contribution in [0.15, 0.2) is 48.5 Å². The lowest BCUT2D eigenvalue weighted by Crippen LogP contribution is -2.42. The van der Waals surface area contributed by atoms with Crippen LogP contribution >= 0.6 is 34.2 Å². The molecule has 0 saturated heterocycles. The molecule has 3 N–H and O–H groups in total. The number of primary amides is 1. The van der Waals surface area contributed by atoms with E-state index in [0.717, 1.165) is 3.57 Å². The molecule has 0 aliphatic heterocycles. The van der Waals surface area contributed by atoms with E-state index < -0.39 is 11.5 Å². The van der Waals surface area contributed by atoms with Crippen LogP contribution in [-0.2, 0) is 10.4 Å². The number of nitrogens with two attached hydrogens (primary N) is 1. The Balaban J connectivity index is 2.63. The molecule has 5 heteroatoms. The minimum Gasteiger partial charge on any atom is -0.372 e. The number of carbonyl (C=O) groups is 1. The highest BCUT2D eigenvalue weighted by atomic mass is 127. The number of rotatable bonds is 3. The van der Waals surface area contributed by atoms with Gasteiger partial charge >= 0.3 is 0 Å². The Bertz CT molecular complexity index is 618. The third-order valence-corrected chi connectivity index (χ3v) is 4.43. The van der Waals surface area contributed by atoms with Crippen LogP contribution in [0, 0.1) is 3.57 Å². The zero-order valence-electron chi connectivity index (χ0n) is 9.81. The van der Waals surface area contributed by atoms with E-state index in [9.17, 15) is 9.90 Å². The van der Waals surface area contributed by atoms with E-state index in [-0.39, 0.29) is 0 Å². The van der Waals surface area contributed by atoms with Crippen molar-refractivity contribution in [2.24, 2.45) is 5.73 Å². The van der Waals surface area contributed by atoms with Crippen molar-refractivity contribution in [2.45, 2.75) is 5.60 Å². The fraction of sp³-hybridized carbons (Fsp3) is 0.0714. The van der Waals surface area contributed by atoms with Gasteiger partial charge < -0.3 is 10.8 Å². The Labute approximate surface area is 129 Å². The molecule has 19 heavy (non-hydrogen) atoms. The van der Waals surface area contributed by atoms with Gasteiger partial charge in [0.1, 0.15) is 0 Å². The molecule has 0 aliphatic rings. The van der Waals surface area contributed by atoms with Gasteiger partial charge in [-0.25, -0.2) is 0 Å². The van der Waals surface area contributed by atoms with Gasteiger partial charge in [-0.1, -0.05) is 48.0 Å². The third-order valence-electron chi connectivity index (χ3n) is 2.89. The second-order valence-electron chi connectivity index (χ2n) is 4.07. The summed E-state index contributed by atoms with van der Waals surface area (Å²) in [5.74, 6) is -0.822. The van der Waals surface area contributed by atoms with Crippen molar-refractivity contribution >= 4 is 40.1 Å². The van der Waals surface area contributed by atoms with Crippen molar-refractivity contribution in [3.63, 3.8) is 0 Å². The highest BCUT2D eigenvalue weighted by Crippen LogP contribution is 2.32. The molecule has 1 amide bonds. The third kappa shape index (κ3) is 2.61. The summed E-state index contributed by atoms with van der Waals surface area (Å²) in [6.45, 7) is 0. The first-order valence-electron chi connectivity index (χ1n) is 5.49. The van der Waals surface area contributed by atoms with Crippen LogP contribution in [-0.4, -0.2) is 11.0 Å². The maximum atomic E-state index is 11.8. The number of hydrogen-bond donors (Lipinski definition) is 2. The second-order valence-corrected chi connectivity index (χ2v) is 5.64. The van der Waals surface area contributed by atoms with Gasteiger partial charge in [0.2, 0.25) is 0 Å². The molecule has 0 saturated carbocycles. The average molecular weight is 388 g/mol. The Morgan fingerprint density at radius 2 is 1.79 bits per heavy atom. The summed E-state index contributed by atoms with van der Waals surface area (Å²) in [5, 5.41) is 11.3. The van der Waals surface area contributed by atoms with E-state index in [1.165, 1.54) is 0 Å². The van der Waals surface area contributed by atoms with Crippen LogP contribution in [0.2, 0.25) is 5.02 Å². The molecule has 0 spiro atoms. The minimum atomic E-state index is -1.86. The first-order chi connectivity index (χ1) is 8.96. The first kappa shape index (κ1) is 14.3. The van der Waals surface area contributed by atoms with Gasteiger partial charge in [0.25, 0.3) is 5.91 Å². The molecule has 0 fully saturated rings. The SMILES string of the molecule is NC(=O)C(O)(c1ccccc1)c1ccc(Cl)c(I)c1. The number of amides is 1. The lowest BCUT2D eigenvalue weighted by atomic mass is 9.86. The normalized spacial score (nSPS) is 13.8.